The number of hydrogen-bond acceptors (Lipinski definition) is 3. The van der Waals surface area contributed by atoms with Crippen molar-refractivity contribution >= 4 is 28.6 Å². The zero-order valence-corrected chi connectivity index (χ0v) is 16.5. The van der Waals surface area contributed by atoms with Gasteiger partial charge in [-0.2, -0.15) is 0 Å². The van der Waals surface area contributed by atoms with Gasteiger partial charge in [-0.05, 0) is 62.3 Å². The molecule has 0 N–H and O–H groups in total. The molecule has 2 rings (SSSR count). The van der Waals surface area contributed by atoms with Crippen LogP contribution >= 0.6 is 22.6 Å². The monoisotopic (exact) mass is 430 g/mol. The molecule has 0 heterocycles. The Morgan fingerprint density at radius 2 is 1.70 bits per heavy atom. The minimum atomic E-state index is -0.187. The first kappa shape index (κ1) is 18.6. The molecular weight excluding hydrogens is 403 g/mol. The third kappa shape index (κ3) is 4.85. The number of ether oxygens (including phenoxy) is 2. The van der Waals surface area contributed by atoms with Gasteiger partial charge in [0.1, 0.15) is 21.0 Å². The lowest BCUT2D eigenvalue weighted by molar-refractivity contribution is -0.133. The van der Waals surface area contributed by atoms with Gasteiger partial charge >= 0.3 is 5.97 Å². The maximum atomic E-state index is 11.8. The summed E-state index contributed by atoms with van der Waals surface area (Å²) in [5.41, 5.74) is -0.0496. The second-order valence-electron chi connectivity index (χ2n) is 6.65. The number of halogens is 1. The number of carbonyl (C=O) groups excluding carboxylic acids is 1. The second kappa shape index (κ2) is 8.36. The Hall–Kier alpha value is -0.780. The van der Waals surface area contributed by atoms with Crippen LogP contribution in [0.5, 0.6) is 11.5 Å². The molecule has 0 aromatic heterocycles. The van der Waals surface area contributed by atoms with Crippen molar-refractivity contribution in [2.24, 2.45) is 5.92 Å². The van der Waals surface area contributed by atoms with E-state index in [1.807, 2.05) is 31.2 Å². The lowest BCUT2D eigenvalue weighted by Crippen LogP contribution is -2.43. The predicted octanol–water partition coefficient (Wildman–Crippen LogP) is 5.54. The van der Waals surface area contributed by atoms with Crippen LogP contribution < -0.4 is 9.47 Å². The number of esters is 1. The van der Waals surface area contributed by atoms with Crippen molar-refractivity contribution in [3.8, 4) is 11.5 Å². The number of hydrogen-bond donors (Lipinski definition) is 0. The van der Waals surface area contributed by atoms with Crippen LogP contribution in [-0.4, -0.2) is 15.5 Å². The zero-order chi connectivity index (χ0) is 16.9. The lowest BCUT2D eigenvalue weighted by Gasteiger charge is -2.41. The number of rotatable bonds is 6. The molecule has 0 radical (unpaired) electrons. The van der Waals surface area contributed by atoms with E-state index in [0.29, 0.717) is 11.7 Å². The van der Waals surface area contributed by atoms with Crippen molar-refractivity contribution in [2.45, 2.75) is 68.8 Å². The summed E-state index contributed by atoms with van der Waals surface area (Å²) in [6.07, 6.45) is 6.80. The number of benzene rings is 1. The smallest absolute Gasteiger partial charge is 0.324 e. The standard InChI is InChI=1S/C19H27IO3/c1-4-17(20)18(21)22-15-8-10-16(11-9-15)23-19(14(2)3)12-6-5-7-13-19/h8-11,14,17H,4-7,12-13H2,1-3H3. The van der Waals surface area contributed by atoms with Crippen LogP contribution in [-0.2, 0) is 4.79 Å². The van der Waals surface area contributed by atoms with Crippen LogP contribution in [0.4, 0.5) is 0 Å². The SMILES string of the molecule is CCC(I)C(=O)Oc1ccc(OC2(C(C)C)CCCCC2)cc1. The first-order valence-electron chi connectivity index (χ1n) is 8.61. The summed E-state index contributed by atoms with van der Waals surface area (Å²) in [6, 6.07) is 7.47. The largest absolute Gasteiger partial charge is 0.487 e. The molecule has 3 nitrogen and oxygen atoms in total. The average molecular weight is 430 g/mol. The highest BCUT2D eigenvalue weighted by molar-refractivity contribution is 14.1. The molecular formula is C19H27IO3. The Kier molecular flexibility index (Phi) is 6.74. The fourth-order valence-electron chi connectivity index (χ4n) is 3.10. The van der Waals surface area contributed by atoms with E-state index in [4.69, 9.17) is 9.47 Å². The maximum Gasteiger partial charge on any atom is 0.324 e. The fourth-order valence-corrected chi connectivity index (χ4v) is 3.23. The molecule has 23 heavy (non-hydrogen) atoms. The summed E-state index contributed by atoms with van der Waals surface area (Å²) in [4.78, 5) is 11.8. The Bertz CT molecular complexity index is 504. The van der Waals surface area contributed by atoms with Gasteiger partial charge in [0.2, 0.25) is 0 Å². The van der Waals surface area contributed by atoms with Crippen LogP contribution in [0.3, 0.4) is 0 Å². The Morgan fingerprint density at radius 3 is 2.22 bits per heavy atom. The highest BCUT2D eigenvalue weighted by Gasteiger charge is 2.37. The van der Waals surface area contributed by atoms with Gasteiger partial charge in [0.25, 0.3) is 0 Å². The van der Waals surface area contributed by atoms with Crippen molar-refractivity contribution in [2.75, 3.05) is 0 Å². The molecule has 0 spiro atoms. The fraction of sp³-hybridized carbons (Fsp3) is 0.632. The highest BCUT2D eigenvalue weighted by Crippen LogP contribution is 2.38. The third-order valence-corrected chi connectivity index (χ3v) is 6.12. The average Bonchev–Trinajstić information content (AvgIpc) is 2.56. The van der Waals surface area contributed by atoms with Gasteiger partial charge in [0.15, 0.2) is 0 Å². The summed E-state index contributed by atoms with van der Waals surface area (Å²) in [5.74, 6) is 1.75. The van der Waals surface area contributed by atoms with E-state index >= 15 is 0 Å². The minimum Gasteiger partial charge on any atom is -0.487 e. The van der Waals surface area contributed by atoms with Gasteiger partial charge in [0, 0.05) is 0 Å². The molecule has 1 aliphatic rings. The molecule has 1 atom stereocenters. The molecule has 1 saturated carbocycles. The van der Waals surface area contributed by atoms with E-state index in [-0.39, 0.29) is 15.5 Å². The van der Waals surface area contributed by atoms with Crippen molar-refractivity contribution in [1.82, 2.24) is 0 Å². The van der Waals surface area contributed by atoms with Gasteiger partial charge in [-0.25, -0.2) is 0 Å². The quantitative estimate of drug-likeness (QED) is 0.257. The van der Waals surface area contributed by atoms with Gasteiger partial charge in [-0.15, -0.1) is 0 Å². The predicted molar refractivity (Wildman–Crippen MR) is 101 cm³/mol. The van der Waals surface area contributed by atoms with Crippen LogP contribution in [0.1, 0.15) is 59.3 Å². The molecule has 1 aliphatic carbocycles. The second-order valence-corrected chi connectivity index (χ2v) is 8.15. The third-order valence-electron chi connectivity index (χ3n) is 4.73. The lowest BCUT2D eigenvalue weighted by atomic mass is 9.77. The highest BCUT2D eigenvalue weighted by atomic mass is 127. The Balaban J connectivity index is 2.02. The molecule has 4 heteroatoms. The van der Waals surface area contributed by atoms with Crippen LogP contribution in [0, 0.1) is 5.92 Å². The van der Waals surface area contributed by atoms with Crippen molar-refractivity contribution < 1.29 is 14.3 Å². The molecule has 0 amide bonds. The summed E-state index contributed by atoms with van der Waals surface area (Å²) in [5, 5.41) is 0. The Labute approximate surface area is 153 Å². The number of alkyl halides is 1. The van der Waals surface area contributed by atoms with E-state index in [1.165, 1.54) is 19.3 Å². The normalized spacial score (nSPS) is 18.5. The summed E-state index contributed by atoms with van der Waals surface area (Å²) >= 11 is 2.11. The van der Waals surface area contributed by atoms with Gasteiger partial charge in [0.05, 0.1) is 0 Å². The van der Waals surface area contributed by atoms with Gasteiger partial charge in [-0.1, -0.05) is 49.8 Å². The molecule has 128 valence electrons. The maximum absolute atomic E-state index is 11.8. The molecule has 1 unspecified atom stereocenters. The minimum absolute atomic E-state index is 0.0496. The van der Waals surface area contributed by atoms with E-state index in [2.05, 4.69) is 36.4 Å². The molecule has 0 saturated heterocycles. The van der Waals surface area contributed by atoms with Crippen LogP contribution in [0.25, 0.3) is 0 Å². The number of carbonyl (C=O) groups is 1. The Morgan fingerprint density at radius 1 is 1.13 bits per heavy atom. The molecule has 0 bridgehead atoms. The van der Waals surface area contributed by atoms with Crippen LogP contribution in [0.2, 0.25) is 0 Å². The molecule has 1 fully saturated rings. The summed E-state index contributed by atoms with van der Waals surface area (Å²) in [6.45, 7) is 6.46. The van der Waals surface area contributed by atoms with Crippen molar-refractivity contribution in [3.05, 3.63) is 24.3 Å². The van der Waals surface area contributed by atoms with E-state index in [1.54, 1.807) is 0 Å². The molecule has 1 aromatic rings. The van der Waals surface area contributed by atoms with E-state index < -0.39 is 0 Å². The summed E-state index contributed by atoms with van der Waals surface area (Å²) in [7, 11) is 0. The van der Waals surface area contributed by atoms with E-state index in [0.717, 1.165) is 25.0 Å². The topological polar surface area (TPSA) is 35.5 Å². The van der Waals surface area contributed by atoms with Gasteiger partial charge in [-0.3, -0.25) is 4.79 Å². The van der Waals surface area contributed by atoms with Crippen molar-refractivity contribution in [1.29, 1.82) is 0 Å². The summed E-state index contributed by atoms with van der Waals surface area (Å²) < 4.78 is 11.7. The molecule has 1 aromatic carbocycles. The van der Waals surface area contributed by atoms with Crippen LogP contribution in [0.15, 0.2) is 24.3 Å². The first-order chi connectivity index (χ1) is 11.0. The van der Waals surface area contributed by atoms with E-state index in [9.17, 15) is 4.79 Å². The van der Waals surface area contributed by atoms with Crippen molar-refractivity contribution in [3.63, 3.8) is 0 Å². The molecule has 0 aliphatic heterocycles. The zero-order valence-electron chi connectivity index (χ0n) is 14.3. The first-order valence-corrected chi connectivity index (χ1v) is 9.86. The van der Waals surface area contributed by atoms with Gasteiger partial charge < -0.3 is 9.47 Å².